The van der Waals surface area contributed by atoms with Crippen molar-refractivity contribution < 1.29 is 4.79 Å². The van der Waals surface area contributed by atoms with E-state index in [0.29, 0.717) is 18.5 Å². The minimum atomic E-state index is -0.138. The molecule has 1 atom stereocenters. The Bertz CT molecular complexity index is 305. The molecule has 0 bridgehead atoms. The second-order valence-corrected chi connectivity index (χ2v) is 6.24. The Morgan fingerprint density at radius 1 is 1.18 bits per heavy atom. The number of hydrogen-bond acceptors (Lipinski definition) is 2. The molecule has 1 heterocycles. The quantitative estimate of drug-likeness (QED) is 0.813. The minimum Gasteiger partial charge on any atom is -0.339 e. The summed E-state index contributed by atoms with van der Waals surface area (Å²) in [6.07, 6.45) is 9.89. The molecule has 3 heteroatoms. The molecular formula is C14H24N2O. The van der Waals surface area contributed by atoms with Crippen molar-refractivity contribution in [3.8, 4) is 0 Å². The van der Waals surface area contributed by atoms with Crippen LogP contribution in [0.2, 0.25) is 0 Å². The Hall–Kier alpha value is -0.570. The summed E-state index contributed by atoms with van der Waals surface area (Å²) < 4.78 is 0. The summed E-state index contributed by atoms with van der Waals surface area (Å²) in [5.74, 6) is 1.17. The van der Waals surface area contributed by atoms with Crippen molar-refractivity contribution in [3.05, 3.63) is 0 Å². The Morgan fingerprint density at radius 3 is 2.47 bits per heavy atom. The number of rotatable bonds is 3. The first-order valence-electron chi connectivity index (χ1n) is 7.28. The molecule has 0 aromatic carbocycles. The molecular weight excluding hydrogens is 212 g/mol. The van der Waals surface area contributed by atoms with Crippen LogP contribution in [-0.4, -0.2) is 29.9 Å². The van der Waals surface area contributed by atoms with E-state index >= 15 is 0 Å². The van der Waals surface area contributed by atoms with Crippen molar-refractivity contribution in [3.63, 3.8) is 0 Å². The summed E-state index contributed by atoms with van der Waals surface area (Å²) in [7, 11) is 0. The monoisotopic (exact) mass is 236 g/mol. The molecule has 1 aliphatic heterocycles. The van der Waals surface area contributed by atoms with Gasteiger partial charge in [0.2, 0.25) is 5.91 Å². The van der Waals surface area contributed by atoms with Gasteiger partial charge in [-0.05, 0) is 44.4 Å². The summed E-state index contributed by atoms with van der Waals surface area (Å²) in [6, 6.07) is 0.550. The van der Waals surface area contributed by atoms with Gasteiger partial charge in [0.05, 0.1) is 5.41 Å². The van der Waals surface area contributed by atoms with Crippen molar-refractivity contribution >= 4 is 5.91 Å². The van der Waals surface area contributed by atoms with Gasteiger partial charge in [-0.15, -0.1) is 0 Å². The largest absolute Gasteiger partial charge is 0.339 e. The fourth-order valence-electron chi connectivity index (χ4n) is 3.84. The molecule has 3 nitrogen and oxygen atoms in total. The topological polar surface area (TPSA) is 46.3 Å². The van der Waals surface area contributed by atoms with Crippen LogP contribution in [0.25, 0.3) is 0 Å². The van der Waals surface area contributed by atoms with Gasteiger partial charge in [-0.2, -0.15) is 0 Å². The highest BCUT2D eigenvalue weighted by molar-refractivity contribution is 5.86. The van der Waals surface area contributed by atoms with Gasteiger partial charge < -0.3 is 10.6 Å². The fourth-order valence-corrected chi connectivity index (χ4v) is 3.84. The number of likely N-dealkylation sites (tertiary alicyclic amines) is 1. The van der Waals surface area contributed by atoms with Gasteiger partial charge >= 0.3 is 0 Å². The molecule has 1 amide bonds. The minimum absolute atomic E-state index is 0.138. The van der Waals surface area contributed by atoms with E-state index in [1.165, 1.54) is 38.5 Å². The number of nitrogens with two attached hydrogens (primary N) is 1. The van der Waals surface area contributed by atoms with E-state index in [4.69, 9.17) is 5.73 Å². The molecule has 0 aromatic heterocycles. The summed E-state index contributed by atoms with van der Waals surface area (Å²) in [5, 5.41) is 0. The van der Waals surface area contributed by atoms with E-state index in [-0.39, 0.29) is 5.41 Å². The van der Waals surface area contributed by atoms with Gasteiger partial charge in [-0.3, -0.25) is 4.79 Å². The zero-order chi connectivity index (χ0) is 11.9. The van der Waals surface area contributed by atoms with Gasteiger partial charge in [-0.1, -0.05) is 12.8 Å². The Balaban J connectivity index is 1.71. The molecule has 1 saturated heterocycles. The molecule has 2 saturated carbocycles. The van der Waals surface area contributed by atoms with Crippen molar-refractivity contribution in [1.29, 1.82) is 0 Å². The zero-order valence-corrected chi connectivity index (χ0v) is 10.7. The maximum atomic E-state index is 12.6. The molecule has 3 aliphatic rings. The summed E-state index contributed by atoms with van der Waals surface area (Å²) in [4.78, 5) is 14.8. The Morgan fingerprint density at radius 2 is 1.88 bits per heavy atom. The molecule has 2 N–H and O–H groups in total. The molecule has 96 valence electrons. The lowest BCUT2D eigenvalue weighted by atomic mass is 9.94. The Kier molecular flexibility index (Phi) is 2.89. The lowest BCUT2D eigenvalue weighted by molar-refractivity contribution is -0.138. The third-order valence-corrected chi connectivity index (χ3v) is 5.20. The van der Waals surface area contributed by atoms with E-state index in [1.807, 2.05) is 0 Å². The average molecular weight is 236 g/mol. The first-order valence-corrected chi connectivity index (χ1v) is 7.28. The fraction of sp³-hybridized carbons (Fsp3) is 0.929. The van der Waals surface area contributed by atoms with Crippen LogP contribution < -0.4 is 5.73 Å². The third-order valence-electron chi connectivity index (χ3n) is 5.20. The number of amides is 1. The van der Waals surface area contributed by atoms with Gasteiger partial charge in [0.25, 0.3) is 0 Å². The zero-order valence-electron chi connectivity index (χ0n) is 10.7. The first-order chi connectivity index (χ1) is 8.27. The van der Waals surface area contributed by atoms with Crippen LogP contribution in [0, 0.1) is 11.3 Å². The van der Waals surface area contributed by atoms with E-state index in [9.17, 15) is 4.79 Å². The summed E-state index contributed by atoms with van der Waals surface area (Å²) in [6.45, 7) is 1.54. The number of carbonyl (C=O) groups excluding carboxylic acids is 1. The second kappa shape index (κ2) is 4.27. The molecule has 0 radical (unpaired) electrons. The highest BCUT2D eigenvalue weighted by Gasteiger charge is 2.52. The summed E-state index contributed by atoms with van der Waals surface area (Å²) >= 11 is 0. The molecule has 1 unspecified atom stereocenters. The molecule has 0 aromatic rings. The SMILES string of the molecule is NCC1(C(=O)N2CCCC2C2CCCC2)CC1. The molecule has 17 heavy (non-hydrogen) atoms. The van der Waals surface area contributed by atoms with Gasteiger partial charge in [0, 0.05) is 19.1 Å². The number of nitrogens with zero attached hydrogens (tertiary/aromatic N) is 1. The number of hydrogen-bond donors (Lipinski definition) is 1. The van der Waals surface area contributed by atoms with Crippen LogP contribution >= 0.6 is 0 Å². The number of carbonyl (C=O) groups is 1. The predicted molar refractivity (Wildman–Crippen MR) is 67.4 cm³/mol. The van der Waals surface area contributed by atoms with Crippen molar-refractivity contribution in [2.24, 2.45) is 17.1 Å². The lowest BCUT2D eigenvalue weighted by Gasteiger charge is -2.32. The lowest BCUT2D eigenvalue weighted by Crippen LogP contribution is -2.45. The Labute approximate surface area is 104 Å². The third kappa shape index (κ3) is 1.88. The van der Waals surface area contributed by atoms with Crippen LogP contribution in [0.1, 0.15) is 51.4 Å². The van der Waals surface area contributed by atoms with Gasteiger partial charge in [-0.25, -0.2) is 0 Å². The maximum Gasteiger partial charge on any atom is 0.230 e. The highest BCUT2D eigenvalue weighted by Crippen LogP contribution is 2.48. The summed E-state index contributed by atoms with van der Waals surface area (Å²) in [5.41, 5.74) is 5.65. The maximum absolute atomic E-state index is 12.6. The van der Waals surface area contributed by atoms with Gasteiger partial charge in [0.15, 0.2) is 0 Å². The van der Waals surface area contributed by atoms with Crippen molar-refractivity contribution in [2.75, 3.05) is 13.1 Å². The van der Waals surface area contributed by atoms with Gasteiger partial charge in [0.1, 0.15) is 0 Å². The molecule has 0 spiro atoms. The smallest absolute Gasteiger partial charge is 0.230 e. The van der Waals surface area contributed by atoms with Crippen LogP contribution in [0.4, 0.5) is 0 Å². The van der Waals surface area contributed by atoms with E-state index in [0.717, 1.165) is 25.3 Å². The average Bonchev–Trinajstić information content (AvgIpc) is 2.81. The van der Waals surface area contributed by atoms with Crippen LogP contribution in [0.5, 0.6) is 0 Å². The normalized spacial score (nSPS) is 32.1. The highest BCUT2D eigenvalue weighted by atomic mass is 16.2. The molecule has 2 aliphatic carbocycles. The van der Waals surface area contributed by atoms with E-state index in [2.05, 4.69) is 4.90 Å². The standard InChI is InChI=1S/C14H24N2O/c15-10-14(7-8-14)13(17)16-9-3-6-12(16)11-4-1-2-5-11/h11-12H,1-10,15H2. The van der Waals surface area contributed by atoms with Crippen LogP contribution in [0.15, 0.2) is 0 Å². The second-order valence-electron chi connectivity index (χ2n) is 6.24. The van der Waals surface area contributed by atoms with E-state index in [1.54, 1.807) is 0 Å². The molecule has 3 fully saturated rings. The van der Waals surface area contributed by atoms with Crippen molar-refractivity contribution in [2.45, 2.75) is 57.4 Å². The first kappa shape index (κ1) is 11.5. The van der Waals surface area contributed by atoms with E-state index < -0.39 is 0 Å². The van der Waals surface area contributed by atoms with Crippen LogP contribution in [-0.2, 0) is 4.79 Å². The van der Waals surface area contributed by atoms with Crippen LogP contribution in [0.3, 0.4) is 0 Å². The molecule has 3 rings (SSSR count). The predicted octanol–water partition coefficient (Wildman–Crippen LogP) is 1.91. The van der Waals surface area contributed by atoms with Crippen molar-refractivity contribution in [1.82, 2.24) is 4.90 Å².